The molecule has 1 aromatic carbocycles. The van der Waals surface area contributed by atoms with Crippen LogP contribution in [0, 0.1) is 18.6 Å². The van der Waals surface area contributed by atoms with E-state index in [9.17, 15) is 13.6 Å². The summed E-state index contributed by atoms with van der Waals surface area (Å²) < 4.78 is 33.3. The molecule has 0 bridgehead atoms. The molecule has 0 aliphatic rings. The normalized spacial score (nSPS) is 11.2. The molecule has 3 aromatic rings. The van der Waals surface area contributed by atoms with Crippen molar-refractivity contribution in [2.45, 2.75) is 13.5 Å². The van der Waals surface area contributed by atoms with Gasteiger partial charge in [0, 0.05) is 12.1 Å². The van der Waals surface area contributed by atoms with Gasteiger partial charge in [0.25, 0.3) is 0 Å². The minimum atomic E-state index is -1.08. The first kappa shape index (κ1) is 13.3. The number of aromatic nitrogens is 2. The van der Waals surface area contributed by atoms with E-state index in [-0.39, 0.29) is 12.1 Å². The van der Waals surface area contributed by atoms with Crippen LogP contribution in [0.25, 0.3) is 11.0 Å². The number of carboxylic acids is 1. The van der Waals surface area contributed by atoms with Crippen LogP contribution in [0.3, 0.4) is 0 Å². The smallest absolute Gasteiger partial charge is 0.339 e. The van der Waals surface area contributed by atoms with E-state index in [4.69, 9.17) is 9.52 Å². The lowest BCUT2D eigenvalue weighted by molar-refractivity contribution is 0.0695. The van der Waals surface area contributed by atoms with Gasteiger partial charge in [0.15, 0.2) is 11.6 Å². The monoisotopic (exact) mass is 292 g/mol. The van der Waals surface area contributed by atoms with Gasteiger partial charge < -0.3 is 14.1 Å². The minimum Gasteiger partial charge on any atom is -0.478 e. The molecule has 0 unspecified atom stereocenters. The maximum atomic E-state index is 13.3. The zero-order chi connectivity index (χ0) is 15.1. The van der Waals surface area contributed by atoms with Crippen LogP contribution in [0.4, 0.5) is 8.78 Å². The summed E-state index contributed by atoms with van der Waals surface area (Å²) in [6.07, 6.45) is 1.42. The number of halogens is 2. The number of aromatic carboxylic acids is 1. The molecule has 0 amide bonds. The minimum absolute atomic E-state index is 0.0756. The molecular formula is C14H10F2N2O3. The number of aryl methyl sites for hydroxylation is 1. The fraction of sp³-hybridized carbons (Fsp3) is 0.143. The molecule has 0 saturated carbocycles. The van der Waals surface area contributed by atoms with Gasteiger partial charge in [-0.3, -0.25) is 0 Å². The third kappa shape index (κ3) is 2.26. The number of fused-ring (bicyclic) bond motifs is 1. The number of imidazole rings is 1. The van der Waals surface area contributed by atoms with Gasteiger partial charge in [-0.15, -0.1) is 0 Å². The molecule has 5 nitrogen and oxygen atoms in total. The van der Waals surface area contributed by atoms with E-state index in [2.05, 4.69) is 4.98 Å². The Bertz CT molecular complexity index is 851. The van der Waals surface area contributed by atoms with E-state index >= 15 is 0 Å². The molecule has 1 N–H and O–H groups in total. The second-order valence-electron chi connectivity index (χ2n) is 4.62. The summed E-state index contributed by atoms with van der Waals surface area (Å²) in [5, 5.41) is 8.97. The molecule has 3 rings (SSSR count). The summed E-state index contributed by atoms with van der Waals surface area (Å²) in [6, 6.07) is 3.46. The van der Waals surface area contributed by atoms with Crippen LogP contribution in [-0.2, 0) is 6.54 Å². The van der Waals surface area contributed by atoms with E-state index in [0.717, 1.165) is 12.1 Å². The molecular weight excluding hydrogens is 282 g/mol. The van der Waals surface area contributed by atoms with Crippen molar-refractivity contribution in [3.63, 3.8) is 0 Å². The molecule has 0 radical (unpaired) electrons. The SMILES string of the molecule is Cc1oc(Cn2cnc3cc(F)c(F)cc32)cc1C(=O)O. The van der Waals surface area contributed by atoms with Crippen LogP contribution in [0.1, 0.15) is 21.9 Å². The van der Waals surface area contributed by atoms with Crippen molar-refractivity contribution in [1.82, 2.24) is 9.55 Å². The fourth-order valence-electron chi connectivity index (χ4n) is 2.18. The topological polar surface area (TPSA) is 68.3 Å². The third-order valence-electron chi connectivity index (χ3n) is 3.19. The zero-order valence-corrected chi connectivity index (χ0v) is 10.9. The van der Waals surface area contributed by atoms with Gasteiger partial charge in [-0.2, -0.15) is 0 Å². The maximum absolute atomic E-state index is 13.3. The van der Waals surface area contributed by atoms with Crippen LogP contribution in [0.15, 0.2) is 28.9 Å². The summed E-state index contributed by atoms with van der Waals surface area (Å²) >= 11 is 0. The number of hydrogen-bond acceptors (Lipinski definition) is 3. The van der Waals surface area contributed by atoms with Gasteiger partial charge in [0.2, 0.25) is 0 Å². The molecule has 0 fully saturated rings. The molecule has 0 aliphatic heterocycles. The van der Waals surface area contributed by atoms with Crippen molar-refractivity contribution in [2.24, 2.45) is 0 Å². The largest absolute Gasteiger partial charge is 0.478 e. The average Bonchev–Trinajstić information content (AvgIpc) is 2.96. The lowest BCUT2D eigenvalue weighted by atomic mass is 10.2. The van der Waals surface area contributed by atoms with Crippen molar-refractivity contribution in [3.05, 3.63) is 53.2 Å². The van der Waals surface area contributed by atoms with E-state index in [1.54, 1.807) is 11.5 Å². The molecule has 7 heteroatoms. The van der Waals surface area contributed by atoms with E-state index in [1.807, 2.05) is 0 Å². The highest BCUT2D eigenvalue weighted by Gasteiger charge is 2.15. The highest BCUT2D eigenvalue weighted by Crippen LogP contribution is 2.20. The predicted molar refractivity (Wildman–Crippen MR) is 69.2 cm³/mol. The summed E-state index contributed by atoms with van der Waals surface area (Å²) in [7, 11) is 0. The number of nitrogens with zero attached hydrogens (tertiary/aromatic N) is 2. The Hall–Kier alpha value is -2.70. The molecule has 108 valence electrons. The van der Waals surface area contributed by atoms with Crippen molar-refractivity contribution in [1.29, 1.82) is 0 Å². The standard InChI is InChI=1S/C14H10F2N2O3/c1-7-9(14(19)20)2-8(21-7)5-18-6-17-12-3-10(15)11(16)4-13(12)18/h2-4,6H,5H2,1H3,(H,19,20). The third-order valence-corrected chi connectivity index (χ3v) is 3.19. The molecule has 2 heterocycles. The highest BCUT2D eigenvalue weighted by molar-refractivity contribution is 5.88. The van der Waals surface area contributed by atoms with Crippen LogP contribution >= 0.6 is 0 Å². The summed E-state index contributed by atoms with van der Waals surface area (Å²) in [5.74, 6) is -2.32. The van der Waals surface area contributed by atoms with Crippen molar-refractivity contribution >= 4 is 17.0 Å². The molecule has 0 aliphatic carbocycles. The van der Waals surface area contributed by atoms with Gasteiger partial charge in [-0.05, 0) is 13.0 Å². The molecule has 2 aromatic heterocycles. The Balaban J connectivity index is 2.00. The summed E-state index contributed by atoms with van der Waals surface area (Å²) in [6.45, 7) is 1.73. The lowest BCUT2D eigenvalue weighted by Crippen LogP contribution is -1.98. The lowest BCUT2D eigenvalue weighted by Gasteiger charge is -2.01. The van der Waals surface area contributed by atoms with Crippen LogP contribution in [-0.4, -0.2) is 20.6 Å². The van der Waals surface area contributed by atoms with Crippen LogP contribution < -0.4 is 0 Å². The zero-order valence-electron chi connectivity index (χ0n) is 10.9. The van der Waals surface area contributed by atoms with Gasteiger partial charge in [-0.1, -0.05) is 0 Å². The number of benzene rings is 1. The first-order valence-electron chi connectivity index (χ1n) is 6.08. The maximum Gasteiger partial charge on any atom is 0.339 e. The quantitative estimate of drug-likeness (QED) is 0.805. The Morgan fingerprint density at radius 3 is 2.71 bits per heavy atom. The Kier molecular flexibility index (Phi) is 2.97. The summed E-state index contributed by atoms with van der Waals surface area (Å²) in [5.41, 5.74) is 0.794. The van der Waals surface area contributed by atoms with Gasteiger partial charge in [-0.25, -0.2) is 18.6 Å². The van der Waals surface area contributed by atoms with Gasteiger partial charge in [0.1, 0.15) is 17.1 Å². The average molecular weight is 292 g/mol. The molecule has 0 saturated heterocycles. The Labute approximate surface area is 117 Å². The van der Waals surface area contributed by atoms with Crippen LogP contribution in [0.5, 0.6) is 0 Å². The number of carbonyl (C=O) groups is 1. The highest BCUT2D eigenvalue weighted by atomic mass is 19.2. The van der Waals surface area contributed by atoms with Crippen LogP contribution in [0.2, 0.25) is 0 Å². The molecule has 0 spiro atoms. The van der Waals surface area contributed by atoms with Gasteiger partial charge in [0.05, 0.1) is 23.9 Å². The first-order chi connectivity index (χ1) is 9.95. The second kappa shape index (κ2) is 4.69. The van der Waals surface area contributed by atoms with Crippen molar-refractivity contribution in [3.8, 4) is 0 Å². The first-order valence-corrected chi connectivity index (χ1v) is 6.08. The Morgan fingerprint density at radius 1 is 1.33 bits per heavy atom. The summed E-state index contributed by atoms with van der Waals surface area (Å²) in [4.78, 5) is 14.9. The van der Waals surface area contributed by atoms with E-state index in [0.29, 0.717) is 22.6 Å². The fourth-order valence-corrected chi connectivity index (χ4v) is 2.18. The van der Waals surface area contributed by atoms with E-state index < -0.39 is 17.6 Å². The number of rotatable bonds is 3. The van der Waals surface area contributed by atoms with Gasteiger partial charge >= 0.3 is 5.97 Å². The molecule has 0 atom stereocenters. The van der Waals surface area contributed by atoms with Crippen molar-refractivity contribution in [2.75, 3.05) is 0 Å². The number of hydrogen-bond donors (Lipinski definition) is 1. The number of carboxylic acid groups (broad SMARTS) is 1. The number of furan rings is 1. The Morgan fingerprint density at radius 2 is 2.05 bits per heavy atom. The van der Waals surface area contributed by atoms with Crippen molar-refractivity contribution < 1.29 is 23.1 Å². The second-order valence-corrected chi connectivity index (χ2v) is 4.62. The predicted octanol–water partition coefficient (Wildman–Crippen LogP) is 2.96. The van der Waals surface area contributed by atoms with E-state index in [1.165, 1.54) is 12.4 Å². The molecule has 21 heavy (non-hydrogen) atoms.